The number of rotatable bonds is 3. The first-order chi connectivity index (χ1) is 11.9. The molecule has 2 heterocycles. The van der Waals surface area contributed by atoms with E-state index in [2.05, 4.69) is 24.2 Å². The van der Waals surface area contributed by atoms with Gasteiger partial charge >= 0.3 is 0 Å². The summed E-state index contributed by atoms with van der Waals surface area (Å²) in [4.78, 5) is 14.6. The summed E-state index contributed by atoms with van der Waals surface area (Å²) in [6, 6.07) is 6.02. The Bertz CT molecular complexity index is 802. The van der Waals surface area contributed by atoms with Crippen LogP contribution in [0.1, 0.15) is 30.8 Å². The van der Waals surface area contributed by atoms with Crippen LogP contribution in [0.2, 0.25) is 0 Å². The van der Waals surface area contributed by atoms with Gasteiger partial charge in [0.15, 0.2) is 5.69 Å². The molecule has 132 valence electrons. The van der Waals surface area contributed by atoms with Crippen molar-refractivity contribution in [1.29, 1.82) is 0 Å². The van der Waals surface area contributed by atoms with E-state index in [1.807, 2.05) is 7.05 Å². The summed E-state index contributed by atoms with van der Waals surface area (Å²) >= 11 is 0. The van der Waals surface area contributed by atoms with Gasteiger partial charge in [-0.1, -0.05) is 19.1 Å². The van der Waals surface area contributed by atoms with Gasteiger partial charge in [0.05, 0.1) is 18.0 Å². The molecule has 2 aliphatic rings. The van der Waals surface area contributed by atoms with Crippen molar-refractivity contribution in [2.24, 2.45) is 11.3 Å². The predicted octanol–water partition coefficient (Wildman–Crippen LogP) is 2.29. The Morgan fingerprint density at radius 1 is 1.36 bits per heavy atom. The third-order valence-electron chi connectivity index (χ3n) is 5.58. The van der Waals surface area contributed by atoms with Crippen LogP contribution in [-0.4, -0.2) is 51.6 Å². The molecular weight excluding hydrogens is 323 g/mol. The van der Waals surface area contributed by atoms with E-state index in [9.17, 15) is 9.18 Å². The molecule has 4 rings (SSSR count). The van der Waals surface area contributed by atoms with Gasteiger partial charge in [0.1, 0.15) is 5.82 Å². The topological polar surface area (TPSA) is 60.2 Å². The molecule has 6 nitrogen and oxygen atoms in total. The van der Waals surface area contributed by atoms with Crippen molar-refractivity contribution in [3.8, 4) is 5.69 Å². The van der Waals surface area contributed by atoms with Crippen LogP contribution < -0.4 is 0 Å². The summed E-state index contributed by atoms with van der Waals surface area (Å²) in [5.41, 5.74) is 0.868. The van der Waals surface area contributed by atoms with Crippen molar-refractivity contribution in [2.45, 2.75) is 32.4 Å². The van der Waals surface area contributed by atoms with Crippen LogP contribution in [0.25, 0.3) is 5.69 Å². The first-order valence-electron chi connectivity index (χ1n) is 8.46. The number of nitrogens with zero attached hydrogens (tertiary/aromatic N) is 4. The van der Waals surface area contributed by atoms with Crippen LogP contribution in [0.5, 0.6) is 0 Å². The lowest BCUT2D eigenvalue weighted by Gasteiger charge is -2.57. The van der Waals surface area contributed by atoms with Gasteiger partial charge in [-0.15, -0.1) is 5.10 Å². The summed E-state index contributed by atoms with van der Waals surface area (Å²) in [6.45, 7) is 5.05. The van der Waals surface area contributed by atoms with Gasteiger partial charge in [-0.2, -0.15) is 0 Å². The zero-order valence-corrected chi connectivity index (χ0v) is 14.5. The van der Waals surface area contributed by atoms with Gasteiger partial charge in [0, 0.05) is 31.0 Å². The number of hydrogen-bond acceptors (Lipinski definition) is 4. The number of carbonyl (C=O) groups excluding carboxylic acids is 1. The van der Waals surface area contributed by atoms with E-state index in [4.69, 9.17) is 4.74 Å². The van der Waals surface area contributed by atoms with Crippen LogP contribution in [-0.2, 0) is 4.74 Å². The Morgan fingerprint density at radius 3 is 2.80 bits per heavy atom. The third-order valence-corrected chi connectivity index (χ3v) is 5.58. The highest BCUT2D eigenvalue weighted by molar-refractivity contribution is 5.92. The zero-order valence-electron chi connectivity index (χ0n) is 14.5. The summed E-state index contributed by atoms with van der Waals surface area (Å²) in [7, 11) is 1.82. The van der Waals surface area contributed by atoms with Crippen molar-refractivity contribution in [3.63, 3.8) is 0 Å². The number of carbonyl (C=O) groups is 1. The van der Waals surface area contributed by atoms with Crippen molar-refractivity contribution >= 4 is 5.91 Å². The predicted molar refractivity (Wildman–Crippen MR) is 88.8 cm³/mol. The zero-order chi connectivity index (χ0) is 17.8. The van der Waals surface area contributed by atoms with Crippen LogP contribution in [0.4, 0.5) is 4.39 Å². The number of ether oxygens (including phenoxy) is 1. The van der Waals surface area contributed by atoms with Crippen LogP contribution in [0.15, 0.2) is 30.5 Å². The second-order valence-corrected chi connectivity index (χ2v) is 7.45. The number of amides is 1. The lowest BCUT2D eigenvalue weighted by molar-refractivity contribution is -0.139. The van der Waals surface area contributed by atoms with E-state index in [1.165, 1.54) is 16.8 Å². The standard InChI is InChI=1S/C18H21FN4O2/c1-18(2)15(13-8-9-25-16(13)18)22(3)17(24)14-10-23(21-20-14)12-6-4-11(19)5-7-12/h4-7,10,13,15-16H,8-9H2,1-3H3/t13-,15+,16+/m0/s1. The van der Waals surface area contributed by atoms with Crippen LogP contribution >= 0.6 is 0 Å². The Kier molecular flexibility index (Phi) is 3.64. The highest BCUT2D eigenvalue weighted by Crippen LogP contribution is 2.54. The van der Waals surface area contributed by atoms with E-state index in [-0.39, 0.29) is 35.0 Å². The molecule has 2 aromatic rings. The number of benzene rings is 1. The van der Waals surface area contributed by atoms with Gasteiger partial charge in [0.2, 0.25) is 0 Å². The summed E-state index contributed by atoms with van der Waals surface area (Å²) in [5, 5.41) is 8.00. The molecule has 1 amide bonds. The molecule has 25 heavy (non-hydrogen) atoms. The fourth-order valence-electron chi connectivity index (χ4n) is 4.47. The van der Waals surface area contributed by atoms with Crippen LogP contribution in [0.3, 0.4) is 0 Å². The first-order valence-corrected chi connectivity index (χ1v) is 8.46. The quantitative estimate of drug-likeness (QED) is 0.857. The van der Waals surface area contributed by atoms with Gasteiger partial charge in [0.25, 0.3) is 5.91 Å². The largest absolute Gasteiger partial charge is 0.377 e. The fraction of sp³-hybridized carbons (Fsp3) is 0.500. The van der Waals surface area contributed by atoms with Gasteiger partial charge in [-0.25, -0.2) is 9.07 Å². The average Bonchev–Trinajstić information content (AvgIpc) is 3.23. The summed E-state index contributed by atoms with van der Waals surface area (Å²) in [5.74, 6) is -0.0895. The van der Waals surface area contributed by atoms with E-state index >= 15 is 0 Å². The highest BCUT2D eigenvalue weighted by Gasteiger charge is 2.61. The van der Waals surface area contributed by atoms with Crippen molar-refractivity contribution < 1.29 is 13.9 Å². The van der Waals surface area contributed by atoms with Gasteiger partial charge in [-0.05, 0) is 30.7 Å². The molecule has 0 bridgehead atoms. The van der Waals surface area contributed by atoms with Crippen molar-refractivity contribution in [3.05, 3.63) is 42.0 Å². The van der Waals surface area contributed by atoms with E-state index in [0.717, 1.165) is 13.0 Å². The molecule has 0 radical (unpaired) electrons. The maximum atomic E-state index is 13.0. The minimum atomic E-state index is -0.319. The molecule has 1 saturated carbocycles. The minimum absolute atomic E-state index is 0.0709. The lowest BCUT2D eigenvalue weighted by atomic mass is 9.57. The van der Waals surface area contributed by atoms with Crippen LogP contribution in [0, 0.1) is 17.2 Å². The molecule has 1 aromatic carbocycles. The second kappa shape index (κ2) is 5.62. The number of fused-ring (bicyclic) bond motifs is 1. The molecule has 1 aliphatic heterocycles. The van der Waals surface area contributed by atoms with Gasteiger partial charge in [-0.3, -0.25) is 4.79 Å². The first kappa shape index (κ1) is 16.2. The molecule has 0 spiro atoms. The molecule has 1 saturated heterocycles. The lowest BCUT2D eigenvalue weighted by Crippen LogP contribution is -2.66. The molecule has 2 fully saturated rings. The van der Waals surface area contributed by atoms with E-state index in [0.29, 0.717) is 11.6 Å². The Balaban J connectivity index is 1.54. The van der Waals surface area contributed by atoms with Crippen molar-refractivity contribution in [2.75, 3.05) is 13.7 Å². The smallest absolute Gasteiger partial charge is 0.276 e. The molecule has 1 aliphatic carbocycles. The maximum absolute atomic E-state index is 13.0. The molecule has 7 heteroatoms. The monoisotopic (exact) mass is 344 g/mol. The number of hydrogen-bond donors (Lipinski definition) is 0. The fourth-order valence-corrected chi connectivity index (χ4v) is 4.47. The number of halogens is 1. The molecular formula is C18H21FN4O2. The SMILES string of the molecule is CN(C(=O)c1cn(-c2ccc(F)cc2)nn1)[C@@H]1[C@@H]2CCO[C@H]2C1(C)C. The van der Waals surface area contributed by atoms with Crippen molar-refractivity contribution in [1.82, 2.24) is 19.9 Å². The molecule has 0 N–H and O–H groups in total. The summed E-state index contributed by atoms with van der Waals surface area (Å²) < 4.78 is 20.3. The van der Waals surface area contributed by atoms with Gasteiger partial charge < -0.3 is 9.64 Å². The highest BCUT2D eigenvalue weighted by atomic mass is 19.1. The van der Waals surface area contributed by atoms with E-state index in [1.54, 1.807) is 23.2 Å². The summed E-state index contributed by atoms with van der Waals surface area (Å²) in [6.07, 6.45) is 2.79. The van der Waals surface area contributed by atoms with E-state index < -0.39 is 0 Å². The Hall–Kier alpha value is -2.28. The molecule has 0 unspecified atom stereocenters. The molecule has 3 atom stereocenters. The maximum Gasteiger partial charge on any atom is 0.276 e. The average molecular weight is 344 g/mol. The normalized spacial score (nSPS) is 26.8. The Labute approximate surface area is 145 Å². The minimum Gasteiger partial charge on any atom is -0.377 e. The molecule has 1 aromatic heterocycles. The Morgan fingerprint density at radius 2 is 2.08 bits per heavy atom. The third kappa shape index (κ3) is 2.45. The second-order valence-electron chi connectivity index (χ2n) is 7.45. The number of aromatic nitrogens is 3.